The highest BCUT2D eigenvalue weighted by Crippen LogP contribution is 2.34. The van der Waals surface area contributed by atoms with E-state index in [-0.39, 0.29) is 0 Å². The van der Waals surface area contributed by atoms with Gasteiger partial charge in [-0.15, -0.1) is 11.6 Å². The van der Waals surface area contributed by atoms with E-state index in [2.05, 4.69) is 27.6 Å². The Morgan fingerprint density at radius 1 is 1.39 bits per heavy atom. The third kappa shape index (κ3) is 3.08. The summed E-state index contributed by atoms with van der Waals surface area (Å²) in [5, 5.41) is 1.59. The highest BCUT2D eigenvalue weighted by molar-refractivity contribution is 14.1. The fourth-order valence-corrected chi connectivity index (χ4v) is 2.84. The molecule has 0 fully saturated rings. The van der Waals surface area contributed by atoms with Crippen molar-refractivity contribution in [3.05, 3.63) is 45.1 Å². The van der Waals surface area contributed by atoms with E-state index in [4.69, 9.17) is 27.9 Å². The molecule has 0 amide bonds. The number of rotatable bonds is 4. The average Bonchev–Trinajstić information content (AvgIpc) is 2.38. The number of hydrogen-bond acceptors (Lipinski definition) is 2. The Morgan fingerprint density at radius 3 is 3.00 bits per heavy atom. The Labute approximate surface area is 129 Å². The summed E-state index contributed by atoms with van der Waals surface area (Å²) < 4.78 is 6.68. The van der Waals surface area contributed by atoms with E-state index in [0.717, 1.165) is 20.2 Å². The Morgan fingerprint density at radius 2 is 2.22 bits per heavy atom. The van der Waals surface area contributed by atoms with Gasteiger partial charge in [0.05, 0.1) is 8.59 Å². The van der Waals surface area contributed by atoms with Crippen LogP contribution in [0, 0.1) is 3.57 Å². The van der Waals surface area contributed by atoms with Crippen LogP contribution < -0.4 is 4.74 Å². The lowest BCUT2D eigenvalue weighted by molar-refractivity contribution is 0.364. The van der Waals surface area contributed by atoms with Gasteiger partial charge in [0.15, 0.2) is 5.75 Å². The van der Waals surface area contributed by atoms with E-state index in [1.54, 1.807) is 6.20 Å². The van der Waals surface area contributed by atoms with Crippen molar-refractivity contribution < 1.29 is 4.74 Å². The Hall–Kier alpha value is -0.520. The fraction of sp³-hybridized carbons (Fsp3) is 0.154. The summed E-state index contributed by atoms with van der Waals surface area (Å²) in [5.74, 6) is 1.25. The van der Waals surface area contributed by atoms with Gasteiger partial charge in [-0.25, -0.2) is 0 Å². The minimum absolute atomic E-state index is 0.468. The van der Waals surface area contributed by atoms with Crippen molar-refractivity contribution in [2.24, 2.45) is 0 Å². The molecule has 0 radical (unpaired) electrons. The molecule has 5 heteroatoms. The number of aromatic nitrogens is 1. The number of ether oxygens (including phenoxy) is 1. The van der Waals surface area contributed by atoms with Crippen LogP contribution in [0.2, 0.25) is 5.02 Å². The highest BCUT2D eigenvalue weighted by Gasteiger charge is 2.11. The Bertz CT molecular complexity index is 586. The summed E-state index contributed by atoms with van der Waals surface area (Å²) in [6.07, 6.45) is 5.46. The van der Waals surface area contributed by atoms with Crippen LogP contribution >= 0.6 is 45.8 Å². The second-order valence-corrected chi connectivity index (χ2v) is 5.38. The van der Waals surface area contributed by atoms with Crippen LogP contribution in [0.25, 0.3) is 10.9 Å². The number of pyridine rings is 1. The summed E-state index contributed by atoms with van der Waals surface area (Å²) in [6, 6.07) is 5.67. The third-order valence-electron chi connectivity index (χ3n) is 2.33. The first-order chi connectivity index (χ1) is 8.74. The monoisotopic (exact) mass is 393 g/mol. The fourth-order valence-electron chi connectivity index (χ4n) is 1.55. The minimum Gasteiger partial charge on any atom is -0.486 e. The van der Waals surface area contributed by atoms with E-state index in [1.807, 2.05) is 30.4 Å². The topological polar surface area (TPSA) is 22.1 Å². The van der Waals surface area contributed by atoms with Gasteiger partial charge in [0, 0.05) is 17.5 Å². The molecule has 1 heterocycles. The van der Waals surface area contributed by atoms with Gasteiger partial charge in [-0.2, -0.15) is 0 Å². The van der Waals surface area contributed by atoms with Crippen molar-refractivity contribution >= 4 is 56.7 Å². The molecule has 0 N–H and O–H groups in total. The van der Waals surface area contributed by atoms with Crippen LogP contribution in [-0.4, -0.2) is 17.5 Å². The number of benzene rings is 1. The lowest BCUT2D eigenvalue weighted by Gasteiger charge is -2.10. The van der Waals surface area contributed by atoms with Crippen LogP contribution in [0.5, 0.6) is 5.75 Å². The van der Waals surface area contributed by atoms with E-state index in [9.17, 15) is 0 Å². The van der Waals surface area contributed by atoms with Crippen LogP contribution in [0.15, 0.2) is 36.5 Å². The van der Waals surface area contributed by atoms with Crippen molar-refractivity contribution in [2.75, 3.05) is 12.5 Å². The summed E-state index contributed by atoms with van der Waals surface area (Å²) in [4.78, 5) is 4.34. The summed E-state index contributed by atoms with van der Waals surface area (Å²) >= 11 is 13.9. The summed E-state index contributed by atoms with van der Waals surface area (Å²) in [5.41, 5.74) is 0.786. The van der Waals surface area contributed by atoms with Crippen molar-refractivity contribution in [3.63, 3.8) is 0 Å². The molecule has 0 atom stereocenters. The summed E-state index contributed by atoms with van der Waals surface area (Å²) in [7, 11) is 0. The van der Waals surface area contributed by atoms with E-state index in [0.29, 0.717) is 17.5 Å². The SMILES string of the molecule is ClCC=CCOc1c(I)cc(Cl)c2cccnc12. The molecule has 0 bridgehead atoms. The molecule has 2 rings (SSSR count). The first-order valence-electron chi connectivity index (χ1n) is 5.30. The molecule has 2 aromatic rings. The molecule has 1 aromatic heterocycles. The number of nitrogens with zero attached hydrogens (tertiary/aromatic N) is 1. The second-order valence-electron chi connectivity index (χ2n) is 3.51. The number of hydrogen-bond donors (Lipinski definition) is 0. The van der Waals surface area contributed by atoms with Gasteiger partial charge in [0.1, 0.15) is 12.1 Å². The van der Waals surface area contributed by atoms with Crippen LogP contribution in [0.4, 0.5) is 0 Å². The zero-order valence-electron chi connectivity index (χ0n) is 9.37. The lowest BCUT2D eigenvalue weighted by atomic mass is 10.2. The zero-order chi connectivity index (χ0) is 13.0. The lowest BCUT2D eigenvalue weighted by Crippen LogP contribution is -1.98. The Balaban J connectivity index is 2.39. The molecule has 0 aliphatic rings. The molecule has 1 aromatic carbocycles. The van der Waals surface area contributed by atoms with Gasteiger partial charge < -0.3 is 4.74 Å². The molecule has 0 aliphatic heterocycles. The Kier molecular flexibility index (Phi) is 5.09. The average molecular weight is 394 g/mol. The zero-order valence-corrected chi connectivity index (χ0v) is 13.0. The largest absolute Gasteiger partial charge is 0.486 e. The maximum atomic E-state index is 6.19. The van der Waals surface area contributed by atoms with Gasteiger partial charge in [0.25, 0.3) is 0 Å². The molecule has 0 saturated carbocycles. The molecular weight excluding hydrogens is 384 g/mol. The van der Waals surface area contributed by atoms with Crippen LogP contribution in [-0.2, 0) is 0 Å². The van der Waals surface area contributed by atoms with E-state index >= 15 is 0 Å². The second kappa shape index (κ2) is 6.59. The van der Waals surface area contributed by atoms with Crippen molar-refractivity contribution in [2.45, 2.75) is 0 Å². The number of fused-ring (bicyclic) bond motifs is 1. The molecule has 0 aliphatic carbocycles. The molecule has 0 saturated heterocycles. The van der Waals surface area contributed by atoms with Crippen molar-refractivity contribution in [1.82, 2.24) is 4.98 Å². The molecule has 2 nitrogen and oxygen atoms in total. The molecule has 0 unspecified atom stereocenters. The summed E-state index contributed by atoms with van der Waals surface area (Å²) in [6.45, 7) is 0.468. The van der Waals surface area contributed by atoms with Crippen molar-refractivity contribution in [3.8, 4) is 5.75 Å². The molecular formula is C13H10Cl2INO. The minimum atomic E-state index is 0.468. The molecule has 18 heavy (non-hydrogen) atoms. The van der Waals surface area contributed by atoms with Gasteiger partial charge >= 0.3 is 0 Å². The third-order valence-corrected chi connectivity index (χ3v) is 3.62. The van der Waals surface area contributed by atoms with E-state index < -0.39 is 0 Å². The smallest absolute Gasteiger partial charge is 0.159 e. The maximum absolute atomic E-state index is 6.19. The van der Waals surface area contributed by atoms with Gasteiger partial charge in [-0.3, -0.25) is 4.98 Å². The van der Waals surface area contributed by atoms with Gasteiger partial charge in [-0.1, -0.05) is 23.8 Å². The van der Waals surface area contributed by atoms with Gasteiger partial charge in [0.2, 0.25) is 0 Å². The first-order valence-corrected chi connectivity index (χ1v) is 7.29. The first kappa shape index (κ1) is 13.9. The molecule has 94 valence electrons. The maximum Gasteiger partial charge on any atom is 0.159 e. The molecule has 0 spiro atoms. The number of allylic oxidation sites excluding steroid dienone is 1. The number of halogens is 3. The van der Waals surface area contributed by atoms with Crippen LogP contribution in [0.3, 0.4) is 0 Å². The standard InChI is InChI=1S/C13H10Cl2INO/c14-5-1-2-7-18-13-11(16)8-10(15)9-4-3-6-17-12(9)13/h1-4,6,8H,5,7H2. The van der Waals surface area contributed by atoms with Crippen LogP contribution in [0.1, 0.15) is 0 Å². The number of alkyl halides is 1. The van der Waals surface area contributed by atoms with Gasteiger partial charge in [-0.05, 0) is 40.8 Å². The highest BCUT2D eigenvalue weighted by atomic mass is 127. The predicted molar refractivity (Wildman–Crippen MR) is 84.8 cm³/mol. The quantitative estimate of drug-likeness (QED) is 0.428. The van der Waals surface area contributed by atoms with E-state index in [1.165, 1.54) is 0 Å². The van der Waals surface area contributed by atoms with Crippen molar-refractivity contribution in [1.29, 1.82) is 0 Å². The normalized spacial score (nSPS) is 11.3. The predicted octanol–water partition coefficient (Wildman–Crippen LogP) is 4.67.